The fourth-order valence-corrected chi connectivity index (χ4v) is 6.23. The highest BCUT2D eigenvalue weighted by Gasteiger charge is 2.56. The molecule has 2 aromatic carbocycles. The lowest BCUT2D eigenvalue weighted by Gasteiger charge is -2.60. The average molecular weight is 381 g/mol. The lowest BCUT2D eigenvalue weighted by Crippen LogP contribution is -2.64. The van der Waals surface area contributed by atoms with Gasteiger partial charge in [0.25, 0.3) is 0 Å². The lowest BCUT2D eigenvalue weighted by atomic mass is 9.51. The van der Waals surface area contributed by atoms with Crippen LogP contribution in [0, 0.1) is 17.7 Å². The van der Waals surface area contributed by atoms with Crippen molar-refractivity contribution in [3.8, 4) is 5.75 Å². The van der Waals surface area contributed by atoms with Crippen LogP contribution in [0.4, 0.5) is 4.39 Å². The summed E-state index contributed by atoms with van der Waals surface area (Å²) in [5.74, 6) is 1.87. The molecule has 2 aromatic rings. The molecule has 148 valence electrons. The fourth-order valence-electron chi connectivity index (χ4n) is 6.23. The van der Waals surface area contributed by atoms with E-state index >= 15 is 0 Å². The van der Waals surface area contributed by atoms with Gasteiger partial charge in [-0.05, 0) is 74.1 Å². The summed E-state index contributed by atoms with van der Waals surface area (Å²) in [5, 5.41) is 14.7. The van der Waals surface area contributed by atoms with Crippen LogP contribution < -0.4 is 10.1 Å². The Morgan fingerprint density at radius 2 is 1.82 bits per heavy atom. The summed E-state index contributed by atoms with van der Waals surface area (Å²) in [5.41, 5.74) is 1.37. The van der Waals surface area contributed by atoms with Crippen molar-refractivity contribution < 1.29 is 14.2 Å². The Bertz CT molecular complexity index is 853. The van der Waals surface area contributed by atoms with E-state index in [2.05, 4.69) is 11.4 Å². The SMILES string of the molecule is OC12CC3CC(C1)CC(NCc1cccc(OCc4ccccc4F)c1)(C3)C2. The molecule has 4 bridgehead atoms. The summed E-state index contributed by atoms with van der Waals surface area (Å²) in [6, 6.07) is 14.7. The minimum atomic E-state index is -0.443. The van der Waals surface area contributed by atoms with Crippen LogP contribution in [0.2, 0.25) is 0 Å². The van der Waals surface area contributed by atoms with Crippen molar-refractivity contribution in [2.45, 2.75) is 62.8 Å². The van der Waals surface area contributed by atoms with E-state index < -0.39 is 5.60 Å². The summed E-state index contributed by atoms with van der Waals surface area (Å²) in [6.07, 6.45) is 6.55. The molecule has 28 heavy (non-hydrogen) atoms. The maximum absolute atomic E-state index is 13.8. The number of benzene rings is 2. The molecule has 0 saturated heterocycles. The fraction of sp³-hybridized carbons (Fsp3) is 0.500. The highest BCUT2D eigenvalue weighted by atomic mass is 19.1. The Hall–Kier alpha value is -1.91. The van der Waals surface area contributed by atoms with Crippen molar-refractivity contribution in [2.75, 3.05) is 0 Å². The summed E-state index contributed by atoms with van der Waals surface area (Å²) in [6.45, 7) is 0.996. The molecule has 0 aromatic heterocycles. The molecule has 2 atom stereocenters. The second-order valence-corrected chi connectivity index (χ2v) is 9.35. The predicted molar refractivity (Wildman–Crippen MR) is 106 cm³/mol. The Labute approximate surface area is 165 Å². The molecule has 0 heterocycles. The molecule has 2 N–H and O–H groups in total. The molecule has 0 radical (unpaired) electrons. The molecule has 3 nitrogen and oxygen atoms in total. The lowest BCUT2D eigenvalue weighted by molar-refractivity contribution is -0.142. The average Bonchev–Trinajstić information content (AvgIpc) is 2.64. The quantitative estimate of drug-likeness (QED) is 0.770. The summed E-state index contributed by atoms with van der Waals surface area (Å²) in [4.78, 5) is 0. The van der Waals surface area contributed by atoms with Crippen LogP contribution in [0.3, 0.4) is 0 Å². The number of hydrogen-bond acceptors (Lipinski definition) is 3. The van der Waals surface area contributed by atoms with Gasteiger partial charge in [0, 0.05) is 17.6 Å². The number of halogens is 1. The maximum atomic E-state index is 13.8. The predicted octanol–water partition coefficient (Wildman–Crippen LogP) is 4.58. The number of hydrogen-bond donors (Lipinski definition) is 2. The first-order valence-electron chi connectivity index (χ1n) is 10.4. The van der Waals surface area contributed by atoms with E-state index in [9.17, 15) is 9.50 Å². The van der Waals surface area contributed by atoms with Crippen LogP contribution in [0.5, 0.6) is 5.75 Å². The van der Waals surface area contributed by atoms with Crippen molar-refractivity contribution in [1.82, 2.24) is 5.32 Å². The zero-order valence-corrected chi connectivity index (χ0v) is 16.2. The molecule has 4 saturated carbocycles. The van der Waals surface area contributed by atoms with Crippen molar-refractivity contribution in [3.05, 3.63) is 65.5 Å². The van der Waals surface area contributed by atoms with E-state index in [1.54, 1.807) is 12.1 Å². The van der Waals surface area contributed by atoms with Crippen LogP contribution >= 0.6 is 0 Å². The van der Waals surface area contributed by atoms with E-state index in [1.807, 2.05) is 24.3 Å². The van der Waals surface area contributed by atoms with Gasteiger partial charge >= 0.3 is 0 Å². The van der Waals surface area contributed by atoms with Crippen LogP contribution in [-0.2, 0) is 13.2 Å². The van der Waals surface area contributed by atoms with Gasteiger partial charge in [-0.3, -0.25) is 0 Å². The van der Waals surface area contributed by atoms with Gasteiger partial charge < -0.3 is 15.2 Å². The van der Waals surface area contributed by atoms with Gasteiger partial charge in [-0.25, -0.2) is 4.39 Å². The minimum absolute atomic E-state index is 0.0862. The highest BCUT2D eigenvalue weighted by molar-refractivity contribution is 5.29. The second kappa shape index (κ2) is 6.85. The van der Waals surface area contributed by atoms with E-state index in [0.717, 1.165) is 37.1 Å². The van der Waals surface area contributed by atoms with Crippen LogP contribution in [0.15, 0.2) is 48.5 Å². The molecule has 6 rings (SSSR count). The monoisotopic (exact) mass is 381 g/mol. The van der Waals surface area contributed by atoms with E-state index in [1.165, 1.54) is 25.3 Å². The van der Waals surface area contributed by atoms with E-state index in [0.29, 0.717) is 17.4 Å². The van der Waals surface area contributed by atoms with Gasteiger partial charge in [0.2, 0.25) is 0 Å². The topological polar surface area (TPSA) is 41.5 Å². The van der Waals surface area contributed by atoms with Crippen molar-refractivity contribution in [3.63, 3.8) is 0 Å². The van der Waals surface area contributed by atoms with Crippen molar-refractivity contribution in [1.29, 1.82) is 0 Å². The van der Waals surface area contributed by atoms with Gasteiger partial charge in [0.05, 0.1) is 5.60 Å². The summed E-state index contributed by atoms with van der Waals surface area (Å²) in [7, 11) is 0. The van der Waals surface area contributed by atoms with Gasteiger partial charge in [-0.15, -0.1) is 0 Å². The number of aliphatic hydroxyl groups is 1. The Balaban J connectivity index is 1.23. The third-order valence-corrected chi connectivity index (χ3v) is 6.95. The number of nitrogens with one attached hydrogen (secondary N) is 1. The first-order valence-corrected chi connectivity index (χ1v) is 10.4. The smallest absolute Gasteiger partial charge is 0.129 e. The molecule has 2 unspecified atom stereocenters. The zero-order chi connectivity index (χ0) is 19.2. The molecule has 4 aliphatic rings. The third kappa shape index (κ3) is 3.56. The molecule has 0 amide bonds. The standard InChI is InChI=1S/C24H28FNO2/c25-22-7-2-1-5-20(22)15-28-21-6-3-4-17(9-21)14-26-23-10-18-8-19(11-23)13-24(27,12-18)16-23/h1-7,9,18-19,26-27H,8,10-16H2. The van der Waals surface area contributed by atoms with Gasteiger partial charge in [0.1, 0.15) is 18.2 Å². The number of ether oxygens (including phenoxy) is 1. The van der Waals surface area contributed by atoms with Crippen LogP contribution in [0.1, 0.15) is 49.7 Å². The minimum Gasteiger partial charge on any atom is -0.489 e. The Kier molecular flexibility index (Phi) is 4.44. The van der Waals surface area contributed by atoms with Crippen molar-refractivity contribution >= 4 is 0 Å². The van der Waals surface area contributed by atoms with Gasteiger partial charge in [-0.2, -0.15) is 0 Å². The molecule has 4 aliphatic carbocycles. The second-order valence-electron chi connectivity index (χ2n) is 9.35. The molecule has 4 fully saturated rings. The normalized spacial score (nSPS) is 33.2. The zero-order valence-electron chi connectivity index (χ0n) is 16.2. The van der Waals surface area contributed by atoms with Crippen LogP contribution in [-0.4, -0.2) is 16.2 Å². The van der Waals surface area contributed by atoms with Crippen LogP contribution in [0.25, 0.3) is 0 Å². The van der Waals surface area contributed by atoms with Gasteiger partial charge in [-0.1, -0.05) is 30.3 Å². The molecular weight excluding hydrogens is 353 g/mol. The van der Waals surface area contributed by atoms with E-state index in [-0.39, 0.29) is 18.0 Å². The Morgan fingerprint density at radius 1 is 1.04 bits per heavy atom. The first-order chi connectivity index (χ1) is 13.5. The third-order valence-electron chi connectivity index (χ3n) is 6.95. The first kappa shape index (κ1) is 18.1. The molecule has 4 heteroatoms. The van der Waals surface area contributed by atoms with Gasteiger partial charge in [0.15, 0.2) is 0 Å². The van der Waals surface area contributed by atoms with E-state index in [4.69, 9.17) is 4.74 Å². The largest absolute Gasteiger partial charge is 0.489 e. The molecular formula is C24H28FNO2. The number of rotatable bonds is 6. The summed E-state index contributed by atoms with van der Waals surface area (Å²) >= 11 is 0. The summed E-state index contributed by atoms with van der Waals surface area (Å²) < 4.78 is 19.6. The molecule has 0 spiro atoms. The maximum Gasteiger partial charge on any atom is 0.129 e. The Morgan fingerprint density at radius 3 is 2.57 bits per heavy atom. The highest BCUT2D eigenvalue weighted by Crippen LogP contribution is 2.57. The molecule has 0 aliphatic heterocycles. The van der Waals surface area contributed by atoms with Crippen molar-refractivity contribution in [2.24, 2.45) is 11.8 Å².